The summed E-state index contributed by atoms with van der Waals surface area (Å²) in [6, 6.07) is 8.92. The summed E-state index contributed by atoms with van der Waals surface area (Å²) in [6.07, 6.45) is -1.50. The molecule has 2 aromatic carbocycles. The molecule has 180 valence electrons. The lowest BCUT2D eigenvalue weighted by Crippen LogP contribution is -2.46. The van der Waals surface area contributed by atoms with E-state index in [1.54, 1.807) is 31.2 Å². The molecular weight excluding hydrogens is 467 g/mol. The third-order valence-electron chi connectivity index (χ3n) is 5.76. The molecule has 2 heterocycles. The number of anilines is 3. The Morgan fingerprint density at radius 2 is 1.91 bits per heavy atom. The lowest BCUT2D eigenvalue weighted by Gasteiger charge is -2.31. The summed E-state index contributed by atoms with van der Waals surface area (Å²) < 4.78 is 20.1. The van der Waals surface area contributed by atoms with E-state index in [-0.39, 0.29) is 24.6 Å². The molecule has 0 bridgehead atoms. The van der Waals surface area contributed by atoms with Crippen molar-refractivity contribution in [3.05, 3.63) is 53.3 Å². The first kappa shape index (κ1) is 23.9. The van der Waals surface area contributed by atoms with Crippen molar-refractivity contribution in [2.75, 3.05) is 35.2 Å². The number of β-amino-alcohol motifs (C(OH)–C–C–N with tert-alkyl or cyclic N) is 1. The minimum Gasteiger partial charge on any atom is -0.391 e. The molecule has 2 saturated heterocycles. The summed E-state index contributed by atoms with van der Waals surface area (Å²) in [5.41, 5.74) is 0.737. The fourth-order valence-electron chi connectivity index (χ4n) is 3.98. The van der Waals surface area contributed by atoms with Crippen LogP contribution in [0.5, 0.6) is 0 Å². The SMILES string of the molecule is CC1OCCN(c2ccc(NC(=O)[C@H]3C[C@@H](O)CN3C(=O)Nc3ccc(Cl)cc3)c(F)c2)C1=O. The lowest BCUT2D eigenvalue weighted by atomic mass is 10.1. The van der Waals surface area contributed by atoms with Gasteiger partial charge in [0.25, 0.3) is 5.91 Å². The fourth-order valence-corrected chi connectivity index (χ4v) is 4.11. The number of urea groups is 1. The van der Waals surface area contributed by atoms with Crippen LogP contribution in [0.4, 0.5) is 26.2 Å². The maximum atomic E-state index is 14.8. The standard InChI is InChI=1S/C23H24ClFN4O5/c1-13-22(32)28(8-9-34-13)16-6-7-19(18(25)10-16)27-21(31)20-11-17(30)12-29(20)23(33)26-15-4-2-14(24)3-5-15/h2-7,10,13,17,20,30H,8-9,11-12H2,1H3,(H,26,33)(H,27,31)/t13?,17-,20-/m1/s1. The number of aliphatic hydroxyl groups excluding tert-OH is 1. The summed E-state index contributed by atoms with van der Waals surface area (Å²) in [7, 11) is 0. The zero-order chi connectivity index (χ0) is 24.4. The molecule has 1 unspecified atom stereocenters. The molecule has 11 heteroatoms. The van der Waals surface area contributed by atoms with E-state index < -0.39 is 36.0 Å². The number of carbonyl (C=O) groups is 3. The highest BCUT2D eigenvalue weighted by atomic mass is 35.5. The number of carbonyl (C=O) groups excluding carboxylic acids is 3. The molecular formula is C23H24ClFN4O5. The van der Waals surface area contributed by atoms with Crippen LogP contribution in [0.2, 0.25) is 5.02 Å². The molecule has 2 aliphatic rings. The zero-order valence-electron chi connectivity index (χ0n) is 18.3. The smallest absolute Gasteiger partial charge is 0.322 e. The van der Waals surface area contributed by atoms with Crippen LogP contribution < -0.4 is 15.5 Å². The van der Waals surface area contributed by atoms with Gasteiger partial charge in [-0.2, -0.15) is 0 Å². The summed E-state index contributed by atoms with van der Waals surface area (Å²) in [5.74, 6) is -1.64. The number of hydrogen-bond acceptors (Lipinski definition) is 5. The van der Waals surface area contributed by atoms with Gasteiger partial charge in [-0.05, 0) is 49.4 Å². The van der Waals surface area contributed by atoms with E-state index in [2.05, 4.69) is 10.6 Å². The maximum Gasteiger partial charge on any atom is 0.322 e. The highest BCUT2D eigenvalue weighted by molar-refractivity contribution is 6.30. The van der Waals surface area contributed by atoms with E-state index in [1.165, 1.54) is 28.0 Å². The van der Waals surface area contributed by atoms with E-state index >= 15 is 0 Å². The van der Waals surface area contributed by atoms with Gasteiger partial charge in [-0.1, -0.05) is 11.6 Å². The van der Waals surface area contributed by atoms with Gasteiger partial charge in [-0.3, -0.25) is 9.59 Å². The molecule has 3 N–H and O–H groups in total. The van der Waals surface area contributed by atoms with Crippen molar-refractivity contribution in [3.63, 3.8) is 0 Å². The van der Waals surface area contributed by atoms with E-state index in [1.807, 2.05) is 0 Å². The van der Waals surface area contributed by atoms with Gasteiger partial charge in [-0.15, -0.1) is 0 Å². The van der Waals surface area contributed by atoms with Crippen LogP contribution in [0.15, 0.2) is 42.5 Å². The number of benzene rings is 2. The molecule has 0 radical (unpaired) electrons. The Bertz CT molecular complexity index is 1100. The number of likely N-dealkylation sites (tertiary alicyclic amines) is 1. The van der Waals surface area contributed by atoms with E-state index in [0.717, 1.165) is 0 Å². The van der Waals surface area contributed by atoms with E-state index in [0.29, 0.717) is 29.5 Å². The summed E-state index contributed by atoms with van der Waals surface area (Å²) in [6.45, 7) is 2.22. The Hall–Kier alpha value is -3.21. The van der Waals surface area contributed by atoms with Crippen molar-refractivity contribution in [2.45, 2.75) is 31.6 Å². The molecule has 4 amide bonds. The first-order valence-corrected chi connectivity index (χ1v) is 11.2. The first-order valence-electron chi connectivity index (χ1n) is 10.8. The van der Waals surface area contributed by atoms with Crippen molar-refractivity contribution in [2.24, 2.45) is 0 Å². The number of nitrogens with one attached hydrogen (secondary N) is 2. The van der Waals surface area contributed by atoms with Crippen LogP contribution >= 0.6 is 11.6 Å². The number of halogens is 2. The third-order valence-corrected chi connectivity index (χ3v) is 6.01. The molecule has 2 aromatic rings. The Morgan fingerprint density at radius 3 is 2.62 bits per heavy atom. The maximum absolute atomic E-state index is 14.8. The highest BCUT2D eigenvalue weighted by Crippen LogP contribution is 2.26. The second-order valence-corrected chi connectivity index (χ2v) is 8.59. The topological polar surface area (TPSA) is 111 Å². The molecule has 0 saturated carbocycles. The number of aliphatic hydroxyl groups is 1. The number of rotatable bonds is 4. The molecule has 0 aromatic heterocycles. The van der Waals surface area contributed by atoms with Gasteiger partial charge >= 0.3 is 6.03 Å². The quantitative estimate of drug-likeness (QED) is 0.610. The van der Waals surface area contributed by atoms with Crippen molar-refractivity contribution >= 4 is 46.5 Å². The largest absolute Gasteiger partial charge is 0.391 e. The summed E-state index contributed by atoms with van der Waals surface area (Å²) >= 11 is 5.85. The van der Waals surface area contributed by atoms with Crippen molar-refractivity contribution < 1.29 is 28.6 Å². The number of amides is 4. The average Bonchev–Trinajstić information content (AvgIpc) is 3.20. The van der Waals surface area contributed by atoms with Gasteiger partial charge in [0.05, 0.1) is 18.4 Å². The molecule has 0 spiro atoms. The number of hydrogen-bond donors (Lipinski definition) is 3. The Labute approximate surface area is 200 Å². The van der Waals surface area contributed by atoms with Crippen LogP contribution in [-0.4, -0.2) is 65.8 Å². The van der Waals surface area contributed by atoms with Crippen molar-refractivity contribution in [1.82, 2.24) is 4.90 Å². The third kappa shape index (κ3) is 5.14. The first-order chi connectivity index (χ1) is 16.2. The number of nitrogens with zero attached hydrogens (tertiary/aromatic N) is 2. The van der Waals surface area contributed by atoms with Crippen LogP contribution in [-0.2, 0) is 14.3 Å². The van der Waals surface area contributed by atoms with Crippen LogP contribution in [0.25, 0.3) is 0 Å². The molecule has 0 aliphatic carbocycles. The summed E-state index contributed by atoms with van der Waals surface area (Å²) in [4.78, 5) is 40.5. The average molecular weight is 491 g/mol. The highest BCUT2D eigenvalue weighted by Gasteiger charge is 2.39. The van der Waals surface area contributed by atoms with Gasteiger partial charge in [0.2, 0.25) is 5.91 Å². The van der Waals surface area contributed by atoms with Gasteiger partial charge < -0.3 is 30.3 Å². The number of morpholine rings is 1. The fraction of sp³-hybridized carbons (Fsp3) is 0.348. The Kier molecular flexibility index (Phi) is 7.01. The van der Waals surface area contributed by atoms with Gasteiger partial charge in [-0.25, -0.2) is 9.18 Å². The monoisotopic (exact) mass is 490 g/mol. The van der Waals surface area contributed by atoms with E-state index in [9.17, 15) is 23.9 Å². The normalized spacial score (nSPS) is 22.6. The van der Waals surface area contributed by atoms with Crippen LogP contribution in [0, 0.1) is 5.82 Å². The van der Waals surface area contributed by atoms with Crippen LogP contribution in [0.3, 0.4) is 0 Å². The molecule has 34 heavy (non-hydrogen) atoms. The van der Waals surface area contributed by atoms with Crippen LogP contribution in [0.1, 0.15) is 13.3 Å². The Morgan fingerprint density at radius 1 is 1.18 bits per heavy atom. The minimum absolute atomic E-state index is 0.0136. The molecule has 4 rings (SSSR count). The Balaban J connectivity index is 1.44. The minimum atomic E-state index is -0.997. The number of ether oxygens (including phenoxy) is 1. The van der Waals surface area contributed by atoms with Gasteiger partial charge in [0.15, 0.2) is 0 Å². The molecule has 3 atom stereocenters. The predicted molar refractivity (Wildman–Crippen MR) is 124 cm³/mol. The molecule has 2 aliphatic heterocycles. The zero-order valence-corrected chi connectivity index (χ0v) is 19.1. The van der Waals surface area contributed by atoms with Crippen molar-refractivity contribution in [3.8, 4) is 0 Å². The molecule has 9 nitrogen and oxygen atoms in total. The lowest BCUT2D eigenvalue weighted by molar-refractivity contribution is -0.132. The molecule has 2 fully saturated rings. The summed E-state index contributed by atoms with van der Waals surface area (Å²) in [5, 5.41) is 15.7. The van der Waals surface area contributed by atoms with E-state index in [4.69, 9.17) is 16.3 Å². The predicted octanol–water partition coefficient (Wildman–Crippen LogP) is 2.84. The van der Waals surface area contributed by atoms with Gasteiger partial charge in [0, 0.05) is 35.9 Å². The second kappa shape index (κ2) is 9.96. The van der Waals surface area contributed by atoms with Gasteiger partial charge in [0.1, 0.15) is 18.0 Å². The second-order valence-electron chi connectivity index (χ2n) is 8.15. The van der Waals surface area contributed by atoms with Crippen molar-refractivity contribution in [1.29, 1.82) is 0 Å².